The second kappa shape index (κ2) is 5.27. The largest absolute Gasteiger partial charge is 0.374 e. The third-order valence-electron chi connectivity index (χ3n) is 3.87. The van der Waals surface area contributed by atoms with Crippen molar-refractivity contribution in [3.05, 3.63) is 42.2 Å². The maximum atomic E-state index is 5.79. The summed E-state index contributed by atoms with van der Waals surface area (Å²) in [6, 6.07) is 8.39. The van der Waals surface area contributed by atoms with E-state index in [4.69, 9.17) is 4.74 Å². The Bertz CT molecular complexity index is 556. The highest BCUT2D eigenvalue weighted by Crippen LogP contribution is 2.24. The predicted molar refractivity (Wildman–Crippen MR) is 77.0 cm³/mol. The highest BCUT2D eigenvalue weighted by molar-refractivity contribution is 5.84. The van der Waals surface area contributed by atoms with E-state index in [9.17, 15) is 0 Å². The quantitative estimate of drug-likeness (QED) is 0.913. The standard InChI is InChI=1S/C16H20N2O/c1-16(7-4-8-19-16)12-18-11-14-10-17-9-13-5-2-3-6-15(13)14/h2-3,5-6,9-10,18H,4,7-8,11-12H2,1H3. The summed E-state index contributed by atoms with van der Waals surface area (Å²) in [6.07, 6.45) is 6.19. The van der Waals surface area contributed by atoms with Crippen LogP contribution in [0, 0.1) is 0 Å². The first-order valence-electron chi connectivity index (χ1n) is 6.93. The summed E-state index contributed by atoms with van der Waals surface area (Å²) in [6.45, 7) is 4.83. The molecule has 0 saturated carbocycles. The second-order valence-electron chi connectivity index (χ2n) is 5.53. The van der Waals surface area contributed by atoms with Crippen molar-refractivity contribution in [3.63, 3.8) is 0 Å². The van der Waals surface area contributed by atoms with Crippen LogP contribution in [-0.2, 0) is 11.3 Å². The van der Waals surface area contributed by atoms with E-state index in [1.165, 1.54) is 22.8 Å². The van der Waals surface area contributed by atoms with Gasteiger partial charge in [0.2, 0.25) is 0 Å². The van der Waals surface area contributed by atoms with Gasteiger partial charge in [-0.05, 0) is 30.7 Å². The Morgan fingerprint density at radius 2 is 2.21 bits per heavy atom. The van der Waals surface area contributed by atoms with Crippen LogP contribution >= 0.6 is 0 Å². The van der Waals surface area contributed by atoms with Crippen molar-refractivity contribution in [1.29, 1.82) is 0 Å². The van der Waals surface area contributed by atoms with Gasteiger partial charge in [0.1, 0.15) is 0 Å². The number of pyridine rings is 1. The molecule has 1 aromatic heterocycles. The molecule has 0 amide bonds. The van der Waals surface area contributed by atoms with E-state index in [0.29, 0.717) is 0 Å². The fourth-order valence-corrected chi connectivity index (χ4v) is 2.76. The Hall–Kier alpha value is -1.45. The van der Waals surface area contributed by atoms with Crippen LogP contribution in [-0.4, -0.2) is 23.7 Å². The molecule has 1 atom stereocenters. The van der Waals surface area contributed by atoms with Gasteiger partial charge >= 0.3 is 0 Å². The van der Waals surface area contributed by atoms with Gasteiger partial charge in [-0.2, -0.15) is 0 Å². The molecule has 0 spiro atoms. The molecule has 100 valence electrons. The van der Waals surface area contributed by atoms with Crippen LogP contribution in [0.25, 0.3) is 10.8 Å². The van der Waals surface area contributed by atoms with Crippen molar-refractivity contribution in [2.75, 3.05) is 13.2 Å². The summed E-state index contributed by atoms with van der Waals surface area (Å²) in [5, 5.41) is 5.99. The van der Waals surface area contributed by atoms with Gasteiger partial charge < -0.3 is 10.1 Å². The predicted octanol–water partition coefficient (Wildman–Crippen LogP) is 2.89. The smallest absolute Gasteiger partial charge is 0.0779 e. The number of ether oxygens (including phenoxy) is 1. The zero-order valence-electron chi connectivity index (χ0n) is 11.4. The van der Waals surface area contributed by atoms with E-state index in [0.717, 1.165) is 26.1 Å². The Morgan fingerprint density at radius 3 is 3.05 bits per heavy atom. The molecule has 3 heteroatoms. The molecule has 1 aliphatic heterocycles. The molecule has 3 rings (SSSR count). The van der Waals surface area contributed by atoms with Gasteiger partial charge in [0.15, 0.2) is 0 Å². The molecule has 3 nitrogen and oxygen atoms in total. The van der Waals surface area contributed by atoms with Crippen LogP contribution in [0.2, 0.25) is 0 Å². The Labute approximate surface area is 114 Å². The summed E-state index contributed by atoms with van der Waals surface area (Å²) in [7, 11) is 0. The minimum Gasteiger partial charge on any atom is -0.374 e. The van der Waals surface area contributed by atoms with Gasteiger partial charge in [0.05, 0.1) is 5.60 Å². The topological polar surface area (TPSA) is 34.2 Å². The van der Waals surface area contributed by atoms with Crippen molar-refractivity contribution in [3.8, 4) is 0 Å². The number of nitrogens with zero attached hydrogens (tertiary/aromatic N) is 1. The SMILES string of the molecule is CC1(CNCc2cncc3ccccc23)CCCO1. The number of benzene rings is 1. The first-order valence-corrected chi connectivity index (χ1v) is 6.93. The molecule has 0 aliphatic carbocycles. The van der Waals surface area contributed by atoms with Gasteiger partial charge in [-0.3, -0.25) is 4.98 Å². The van der Waals surface area contributed by atoms with Crippen molar-refractivity contribution in [2.45, 2.75) is 31.9 Å². The zero-order chi connectivity index (χ0) is 13.1. The molecule has 0 radical (unpaired) electrons. The van der Waals surface area contributed by atoms with Gasteiger partial charge in [-0.1, -0.05) is 24.3 Å². The molecule has 2 aromatic rings. The molecular formula is C16H20N2O. The molecule has 1 aliphatic rings. The molecule has 19 heavy (non-hydrogen) atoms. The van der Waals surface area contributed by atoms with Crippen LogP contribution < -0.4 is 5.32 Å². The lowest BCUT2D eigenvalue weighted by atomic mass is 10.0. The minimum atomic E-state index is 0.0119. The highest BCUT2D eigenvalue weighted by atomic mass is 16.5. The van der Waals surface area contributed by atoms with Crippen molar-refractivity contribution >= 4 is 10.8 Å². The minimum absolute atomic E-state index is 0.0119. The maximum absolute atomic E-state index is 5.79. The summed E-state index contributed by atoms with van der Waals surface area (Å²) >= 11 is 0. The van der Waals surface area contributed by atoms with Crippen molar-refractivity contribution in [1.82, 2.24) is 10.3 Å². The number of fused-ring (bicyclic) bond motifs is 1. The van der Waals surface area contributed by atoms with Crippen molar-refractivity contribution < 1.29 is 4.74 Å². The normalized spacial score (nSPS) is 23.0. The Balaban J connectivity index is 1.68. The number of nitrogens with one attached hydrogen (secondary N) is 1. The van der Waals surface area contributed by atoms with Gasteiger partial charge in [0.25, 0.3) is 0 Å². The Kier molecular flexibility index (Phi) is 3.49. The fraction of sp³-hybridized carbons (Fsp3) is 0.438. The molecule has 2 heterocycles. The molecule has 1 N–H and O–H groups in total. The lowest BCUT2D eigenvalue weighted by molar-refractivity contribution is 0.0207. The van der Waals surface area contributed by atoms with Gasteiger partial charge in [0, 0.05) is 37.5 Å². The van der Waals surface area contributed by atoms with Gasteiger partial charge in [-0.15, -0.1) is 0 Å². The summed E-state index contributed by atoms with van der Waals surface area (Å²) in [5.41, 5.74) is 1.26. The highest BCUT2D eigenvalue weighted by Gasteiger charge is 2.28. The molecule has 1 unspecified atom stereocenters. The monoisotopic (exact) mass is 256 g/mol. The lowest BCUT2D eigenvalue weighted by Gasteiger charge is -2.23. The lowest BCUT2D eigenvalue weighted by Crippen LogP contribution is -2.36. The van der Waals surface area contributed by atoms with Gasteiger partial charge in [-0.25, -0.2) is 0 Å². The number of aromatic nitrogens is 1. The van der Waals surface area contributed by atoms with E-state index >= 15 is 0 Å². The van der Waals surface area contributed by atoms with E-state index in [1.54, 1.807) is 0 Å². The average Bonchev–Trinajstić information content (AvgIpc) is 2.86. The maximum Gasteiger partial charge on any atom is 0.0779 e. The first kappa shape index (κ1) is 12.6. The second-order valence-corrected chi connectivity index (χ2v) is 5.53. The van der Waals surface area contributed by atoms with E-state index in [1.807, 2.05) is 12.4 Å². The van der Waals surface area contributed by atoms with Crippen LogP contribution in [0.3, 0.4) is 0 Å². The molecule has 0 bridgehead atoms. The Morgan fingerprint density at radius 1 is 1.32 bits per heavy atom. The fourth-order valence-electron chi connectivity index (χ4n) is 2.76. The summed E-state index contributed by atoms with van der Waals surface area (Å²) < 4.78 is 5.79. The molecule has 1 fully saturated rings. The van der Waals surface area contributed by atoms with Crippen molar-refractivity contribution in [2.24, 2.45) is 0 Å². The van der Waals surface area contributed by atoms with E-state index in [-0.39, 0.29) is 5.60 Å². The van der Waals surface area contributed by atoms with Crippen LogP contribution in [0.1, 0.15) is 25.3 Å². The van der Waals surface area contributed by atoms with Crippen LogP contribution in [0.5, 0.6) is 0 Å². The first-order chi connectivity index (χ1) is 9.27. The van der Waals surface area contributed by atoms with E-state index in [2.05, 4.69) is 41.5 Å². The summed E-state index contributed by atoms with van der Waals surface area (Å²) in [5.74, 6) is 0. The number of hydrogen-bond donors (Lipinski definition) is 1. The molecular weight excluding hydrogens is 236 g/mol. The van der Waals surface area contributed by atoms with Crippen LogP contribution in [0.15, 0.2) is 36.7 Å². The average molecular weight is 256 g/mol. The number of rotatable bonds is 4. The number of hydrogen-bond acceptors (Lipinski definition) is 3. The molecule has 1 aromatic carbocycles. The van der Waals surface area contributed by atoms with Crippen LogP contribution in [0.4, 0.5) is 0 Å². The summed E-state index contributed by atoms with van der Waals surface area (Å²) in [4.78, 5) is 4.31. The zero-order valence-corrected chi connectivity index (χ0v) is 11.4. The third kappa shape index (κ3) is 2.77. The third-order valence-corrected chi connectivity index (χ3v) is 3.87. The van der Waals surface area contributed by atoms with E-state index < -0.39 is 0 Å². The molecule has 1 saturated heterocycles.